The number of alkyl halides is 3. The lowest BCUT2D eigenvalue weighted by molar-refractivity contribution is -0.164. The van der Waals surface area contributed by atoms with Crippen LogP contribution in [-0.4, -0.2) is 80.8 Å². The number of aromatic nitrogens is 1. The monoisotopic (exact) mass is 588 g/mol. The summed E-state index contributed by atoms with van der Waals surface area (Å²) < 4.78 is 39.9. The maximum atomic E-state index is 14.0. The van der Waals surface area contributed by atoms with Crippen LogP contribution >= 0.6 is 0 Å². The number of carbonyl (C=O) groups is 3. The average Bonchev–Trinajstić information content (AvgIpc) is 3.19. The minimum atomic E-state index is -4.66. The molecule has 4 N–H and O–H groups in total. The summed E-state index contributed by atoms with van der Waals surface area (Å²) in [6.45, 7) is 1.27. The number of nitrogens with zero attached hydrogens (tertiary/aromatic N) is 4. The number of hydrogen-bond acceptors (Lipinski definition) is 7. The van der Waals surface area contributed by atoms with Crippen LogP contribution in [0.1, 0.15) is 43.5 Å². The SMILES string of the molecule is CC(C)(N)C(=O)NC(CCc1ccc(CO)cc1)C(=O)N1CCC2=NN(CC(F)(F)F)C(=O)C2(Cc2ccccn2)C1. The largest absolute Gasteiger partial charge is 0.408 e. The number of benzene rings is 1. The molecule has 1 fully saturated rings. The highest BCUT2D eigenvalue weighted by Crippen LogP contribution is 2.39. The van der Waals surface area contributed by atoms with E-state index in [0.717, 1.165) is 11.1 Å². The molecule has 0 radical (unpaired) electrons. The van der Waals surface area contributed by atoms with Crippen LogP contribution in [0.15, 0.2) is 53.8 Å². The zero-order valence-corrected chi connectivity index (χ0v) is 23.5. The molecule has 226 valence electrons. The Kier molecular flexibility index (Phi) is 9.02. The first-order valence-corrected chi connectivity index (χ1v) is 13.7. The Morgan fingerprint density at radius 3 is 2.43 bits per heavy atom. The molecule has 2 atom stereocenters. The maximum Gasteiger partial charge on any atom is 0.408 e. The van der Waals surface area contributed by atoms with E-state index in [1.54, 1.807) is 30.3 Å². The molecule has 0 spiro atoms. The molecule has 3 heterocycles. The predicted octanol–water partition coefficient (Wildman–Crippen LogP) is 1.95. The molecular weight excluding hydrogens is 553 g/mol. The van der Waals surface area contributed by atoms with Crippen LogP contribution < -0.4 is 11.1 Å². The zero-order valence-electron chi connectivity index (χ0n) is 23.5. The van der Waals surface area contributed by atoms with Gasteiger partial charge in [0.1, 0.15) is 18.0 Å². The van der Waals surface area contributed by atoms with E-state index in [4.69, 9.17) is 5.73 Å². The van der Waals surface area contributed by atoms with Gasteiger partial charge in [-0.3, -0.25) is 19.4 Å². The number of likely N-dealkylation sites (tertiary alicyclic amines) is 1. The molecule has 1 saturated heterocycles. The van der Waals surface area contributed by atoms with Crippen LogP contribution in [0.5, 0.6) is 0 Å². The van der Waals surface area contributed by atoms with Gasteiger partial charge in [-0.25, -0.2) is 5.01 Å². The molecule has 1 aromatic carbocycles. The van der Waals surface area contributed by atoms with E-state index in [0.29, 0.717) is 17.1 Å². The van der Waals surface area contributed by atoms with Crippen molar-refractivity contribution in [1.29, 1.82) is 0 Å². The van der Waals surface area contributed by atoms with E-state index in [1.165, 1.54) is 24.9 Å². The standard InChI is InChI=1S/C29H35F3N6O4/c1-27(2,33)25(41)35-22(11-10-19-6-8-20(16-39)9-7-19)24(40)37-14-12-23-28(17-37,15-21-5-3-4-13-34-21)26(42)38(36-23)18-29(30,31)32/h3-9,13,22,39H,10-12,14-18,33H2,1-2H3,(H,35,41). The minimum absolute atomic E-state index is 0.0340. The topological polar surface area (TPSA) is 141 Å². The van der Waals surface area contributed by atoms with Crippen molar-refractivity contribution in [2.75, 3.05) is 19.6 Å². The predicted molar refractivity (Wildman–Crippen MR) is 148 cm³/mol. The van der Waals surface area contributed by atoms with Crippen molar-refractivity contribution in [3.8, 4) is 0 Å². The molecule has 2 unspecified atom stereocenters. The van der Waals surface area contributed by atoms with Crippen molar-refractivity contribution in [3.63, 3.8) is 0 Å². The third kappa shape index (κ3) is 7.13. The van der Waals surface area contributed by atoms with Crippen molar-refractivity contribution in [3.05, 3.63) is 65.5 Å². The van der Waals surface area contributed by atoms with Crippen LogP contribution in [0.25, 0.3) is 0 Å². The number of carbonyl (C=O) groups excluding carboxylic acids is 3. The molecule has 2 aromatic rings. The van der Waals surface area contributed by atoms with Gasteiger partial charge in [-0.1, -0.05) is 30.3 Å². The second-order valence-corrected chi connectivity index (χ2v) is 11.4. The number of aliphatic hydroxyl groups is 1. The van der Waals surface area contributed by atoms with E-state index >= 15 is 0 Å². The van der Waals surface area contributed by atoms with E-state index < -0.39 is 47.4 Å². The minimum Gasteiger partial charge on any atom is -0.392 e. The van der Waals surface area contributed by atoms with Gasteiger partial charge >= 0.3 is 6.18 Å². The lowest BCUT2D eigenvalue weighted by atomic mass is 9.74. The number of pyridine rings is 1. The van der Waals surface area contributed by atoms with Crippen molar-refractivity contribution in [2.24, 2.45) is 16.3 Å². The highest BCUT2D eigenvalue weighted by Gasteiger charge is 2.56. The Balaban J connectivity index is 1.61. The van der Waals surface area contributed by atoms with Crippen LogP contribution in [0, 0.1) is 5.41 Å². The first-order valence-electron chi connectivity index (χ1n) is 13.7. The number of aryl methyl sites for hydroxylation is 1. The van der Waals surface area contributed by atoms with Crippen molar-refractivity contribution >= 4 is 23.4 Å². The number of hydrazone groups is 1. The van der Waals surface area contributed by atoms with Crippen molar-refractivity contribution in [2.45, 2.75) is 63.9 Å². The van der Waals surface area contributed by atoms with Gasteiger partial charge in [0.2, 0.25) is 11.8 Å². The molecule has 2 aliphatic heterocycles. The van der Waals surface area contributed by atoms with Gasteiger partial charge in [0.05, 0.1) is 17.9 Å². The highest BCUT2D eigenvalue weighted by molar-refractivity contribution is 6.13. The highest BCUT2D eigenvalue weighted by atomic mass is 19.4. The fraction of sp³-hybridized carbons (Fsp3) is 0.483. The molecule has 3 amide bonds. The molecule has 0 aliphatic carbocycles. The Morgan fingerprint density at radius 1 is 1.14 bits per heavy atom. The first kappa shape index (κ1) is 31.1. The molecule has 2 aliphatic rings. The summed E-state index contributed by atoms with van der Waals surface area (Å²) in [4.78, 5) is 46.1. The second-order valence-electron chi connectivity index (χ2n) is 11.4. The van der Waals surface area contributed by atoms with Crippen LogP contribution in [0.2, 0.25) is 0 Å². The quantitative estimate of drug-likeness (QED) is 0.388. The number of rotatable bonds is 10. The maximum absolute atomic E-state index is 14.0. The molecule has 0 bridgehead atoms. The van der Waals surface area contributed by atoms with E-state index in [1.807, 2.05) is 12.1 Å². The van der Waals surface area contributed by atoms with Gasteiger partial charge in [-0.2, -0.15) is 18.3 Å². The Hall–Kier alpha value is -3.84. The summed E-state index contributed by atoms with van der Waals surface area (Å²) >= 11 is 0. The lowest BCUT2D eigenvalue weighted by Crippen LogP contribution is -2.61. The van der Waals surface area contributed by atoms with E-state index in [2.05, 4.69) is 15.4 Å². The number of aliphatic hydroxyl groups excluding tert-OH is 1. The van der Waals surface area contributed by atoms with Gasteiger partial charge in [0, 0.05) is 37.8 Å². The lowest BCUT2D eigenvalue weighted by Gasteiger charge is -2.40. The van der Waals surface area contributed by atoms with E-state index in [9.17, 15) is 32.7 Å². The van der Waals surface area contributed by atoms with Crippen LogP contribution in [-0.2, 0) is 33.8 Å². The number of fused-ring (bicyclic) bond motifs is 1. The van der Waals surface area contributed by atoms with Crippen LogP contribution in [0.3, 0.4) is 0 Å². The third-order valence-electron chi connectivity index (χ3n) is 7.48. The summed E-state index contributed by atoms with van der Waals surface area (Å²) in [5.74, 6) is -1.86. The summed E-state index contributed by atoms with van der Waals surface area (Å²) in [7, 11) is 0. The van der Waals surface area contributed by atoms with Crippen molar-refractivity contribution in [1.82, 2.24) is 20.2 Å². The molecule has 1 aromatic heterocycles. The number of halogens is 3. The number of hydrogen-bond donors (Lipinski definition) is 3. The summed E-state index contributed by atoms with van der Waals surface area (Å²) in [5, 5.41) is 16.5. The summed E-state index contributed by atoms with van der Waals surface area (Å²) in [5.41, 5.74) is 5.54. The molecule has 0 saturated carbocycles. The number of nitrogens with one attached hydrogen (secondary N) is 1. The van der Waals surface area contributed by atoms with Gasteiger partial charge in [-0.15, -0.1) is 0 Å². The van der Waals surface area contributed by atoms with E-state index in [-0.39, 0.29) is 44.7 Å². The van der Waals surface area contributed by atoms with Crippen molar-refractivity contribution < 1.29 is 32.7 Å². The molecule has 4 rings (SSSR count). The normalized spacial score (nSPS) is 19.8. The number of amides is 3. The fourth-order valence-electron chi connectivity index (χ4n) is 5.21. The molecule has 10 nitrogen and oxygen atoms in total. The zero-order chi connectivity index (χ0) is 30.7. The van der Waals surface area contributed by atoms with Gasteiger partial charge < -0.3 is 21.1 Å². The molecule has 13 heteroatoms. The first-order chi connectivity index (χ1) is 19.7. The van der Waals surface area contributed by atoms with Crippen LogP contribution in [0.4, 0.5) is 13.2 Å². The van der Waals surface area contributed by atoms with Gasteiger partial charge in [-0.05, 0) is 49.9 Å². The number of nitrogens with two attached hydrogens (primary N) is 1. The average molecular weight is 589 g/mol. The van der Waals surface area contributed by atoms with Gasteiger partial charge in [0.15, 0.2) is 0 Å². The summed E-state index contributed by atoms with van der Waals surface area (Å²) in [6.07, 6.45) is -2.47. The summed E-state index contributed by atoms with van der Waals surface area (Å²) in [6, 6.07) is 11.2. The molecule has 42 heavy (non-hydrogen) atoms. The third-order valence-corrected chi connectivity index (χ3v) is 7.48. The second kappa shape index (κ2) is 12.2. The Bertz CT molecular complexity index is 1330. The number of piperidine rings is 1. The van der Waals surface area contributed by atoms with Gasteiger partial charge in [0.25, 0.3) is 5.91 Å². The Morgan fingerprint density at radius 2 is 1.83 bits per heavy atom. The smallest absolute Gasteiger partial charge is 0.392 e. The Labute approximate surface area is 241 Å². The fourth-order valence-corrected chi connectivity index (χ4v) is 5.21. The molecular formula is C29H35F3N6O4.